The van der Waals surface area contributed by atoms with E-state index in [2.05, 4.69) is 38.0 Å². The van der Waals surface area contributed by atoms with Gasteiger partial charge in [0.15, 0.2) is 5.95 Å². The molecule has 0 aliphatic carbocycles. The van der Waals surface area contributed by atoms with Crippen LogP contribution in [0.1, 0.15) is 11.3 Å². The highest BCUT2D eigenvalue weighted by atomic mass is 79.9. The van der Waals surface area contributed by atoms with Gasteiger partial charge in [0.1, 0.15) is 10.4 Å². The van der Waals surface area contributed by atoms with E-state index >= 15 is 0 Å². The molecule has 0 saturated heterocycles. The minimum atomic E-state index is 0.446. The van der Waals surface area contributed by atoms with Gasteiger partial charge < -0.3 is 15.5 Å². The van der Waals surface area contributed by atoms with Gasteiger partial charge in [0.25, 0.3) is 0 Å². The van der Waals surface area contributed by atoms with Gasteiger partial charge >= 0.3 is 0 Å². The second kappa shape index (κ2) is 5.23. The Labute approximate surface area is 108 Å². The number of aromatic nitrogens is 2. The fourth-order valence-electron chi connectivity index (χ4n) is 1.63. The SMILES string of the molecule is COc1ccc(CCc2[nH]c(N)nc2Br)cc1. The van der Waals surface area contributed by atoms with Crippen molar-refractivity contribution in [1.82, 2.24) is 9.97 Å². The molecule has 0 saturated carbocycles. The van der Waals surface area contributed by atoms with Crippen LogP contribution in [0, 0.1) is 0 Å². The van der Waals surface area contributed by atoms with E-state index in [9.17, 15) is 0 Å². The van der Waals surface area contributed by atoms with Crippen molar-refractivity contribution in [3.05, 3.63) is 40.1 Å². The molecule has 2 aromatic rings. The highest BCUT2D eigenvalue weighted by Gasteiger charge is 2.05. The Kier molecular flexibility index (Phi) is 3.68. The molecule has 0 amide bonds. The number of aryl methyl sites for hydroxylation is 2. The van der Waals surface area contributed by atoms with E-state index in [1.165, 1.54) is 5.56 Å². The van der Waals surface area contributed by atoms with Gasteiger partial charge in [-0.1, -0.05) is 12.1 Å². The molecule has 90 valence electrons. The minimum absolute atomic E-state index is 0.446. The summed E-state index contributed by atoms with van der Waals surface area (Å²) in [5.41, 5.74) is 7.85. The van der Waals surface area contributed by atoms with Crippen molar-refractivity contribution in [1.29, 1.82) is 0 Å². The molecule has 4 nitrogen and oxygen atoms in total. The van der Waals surface area contributed by atoms with E-state index in [1.54, 1.807) is 7.11 Å². The third kappa shape index (κ3) is 3.00. The van der Waals surface area contributed by atoms with Crippen molar-refractivity contribution >= 4 is 21.9 Å². The number of anilines is 1. The predicted octanol–water partition coefficient (Wildman–Crippen LogP) is 2.55. The second-order valence-corrected chi connectivity index (χ2v) is 4.49. The molecule has 3 N–H and O–H groups in total. The number of benzene rings is 1. The first-order valence-electron chi connectivity index (χ1n) is 5.32. The summed E-state index contributed by atoms with van der Waals surface area (Å²) in [6, 6.07) is 8.05. The van der Waals surface area contributed by atoms with Crippen LogP contribution in [0.4, 0.5) is 5.95 Å². The quantitative estimate of drug-likeness (QED) is 0.911. The summed E-state index contributed by atoms with van der Waals surface area (Å²) in [6.45, 7) is 0. The Morgan fingerprint density at radius 1 is 1.29 bits per heavy atom. The number of nitrogen functional groups attached to an aromatic ring is 1. The molecule has 1 aromatic heterocycles. The molecule has 5 heteroatoms. The summed E-state index contributed by atoms with van der Waals surface area (Å²) in [5, 5.41) is 0. The van der Waals surface area contributed by atoms with Gasteiger partial charge in [-0.05, 0) is 46.5 Å². The first-order valence-corrected chi connectivity index (χ1v) is 6.11. The molecule has 2 rings (SSSR count). The average Bonchev–Trinajstić information content (AvgIpc) is 2.66. The number of H-pyrrole nitrogens is 1. The minimum Gasteiger partial charge on any atom is -0.497 e. The number of hydrogen-bond donors (Lipinski definition) is 2. The van der Waals surface area contributed by atoms with E-state index in [-0.39, 0.29) is 0 Å². The predicted molar refractivity (Wildman–Crippen MR) is 71.1 cm³/mol. The highest BCUT2D eigenvalue weighted by molar-refractivity contribution is 9.10. The van der Waals surface area contributed by atoms with Gasteiger partial charge in [0.05, 0.1) is 12.8 Å². The number of imidazole rings is 1. The number of ether oxygens (including phenoxy) is 1. The third-order valence-electron chi connectivity index (χ3n) is 2.57. The summed E-state index contributed by atoms with van der Waals surface area (Å²) in [5.74, 6) is 1.32. The zero-order valence-corrected chi connectivity index (χ0v) is 11.1. The van der Waals surface area contributed by atoms with Crippen molar-refractivity contribution in [3.8, 4) is 5.75 Å². The van der Waals surface area contributed by atoms with Crippen LogP contribution < -0.4 is 10.5 Å². The lowest BCUT2D eigenvalue weighted by Crippen LogP contribution is -1.93. The normalized spacial score (nSPS) is 10.5. The molecule has 1 aromatic carbocycles. The zero-order valence-electron chi connectivity index (χ0n) is 9.53. The molecule has 0 aliphatic heterocycles. The van der Waals surface area contributed by atoms with E-state index < -0.39 is 0 Å². The molecule has 0 radical (unpaired) electrons. The van der Waals surface area contributed by atoms with Gasteiger partial charge in [-0.2, -0.15) is 0 Å². The molecule has 0 unspecified atom stereocenters. The summed E-state index contributed by atoms with van der Waals surface area (Å²) in [6.07, 6.45) is 1.81. The van der Waals surface area contributed by atoms with Crippen LogP contribution >= 0.6 is 15.9 Å². The number of aromatic amines is 1. The summed E-state index contributed by atoms with van der Waals surface area (Å²) < 4.78 is 5.91. The van der Waals surface area contributed by atoms with Gasteiger partial charge in [-0.15, -0.1) is 0 Å². The number of nitrogens with two attached hydrogens (primary N) is 1. The maximum Gasteiger partial charge on any atom is 0.198 e. The Bertz CT molecular complexity index is 493. The van der Waals surface area contributed by atoms with Crippen LogP contribution in [0.3, 0.4) is 0 Å². The van der Waals surface area contributed by atoms with Crippen LogP contribution in [0.5, 0.6) is 5.75 Å². The van der Waals surface area contributed by atoms with Crippen molar-refractivity contribution in [2.45, 2.75) is 12.8 Å². The fraction of sp³-hybridized carbons (Fsp3) is 0.250. The van der Waals surface area contributed by atoms with E-state index in [4.69, 9.17) is 10.5 Å². The van der Waals surface area contributed by atoms with E-state index in [1.807, 2.05) is 12.1 Å². The Hall–Kier alpha value is -1.49. The van der Waals surface area contributed by atoms with Crippen molar-refractivity contribution in [3.63, 3.8) is 0 Å². The molecular weight excluding hydrogens is 282 g/mol. The monoisotopic (exact) mass is 295 g/mol. The number of rotatable bonds is 4. The zero-order chi connectivity index (χ0) is 12.3. The highest BCUT2D eigenvalue weighted by Crippen LogP contribution is 2.18. The van der Waals surface area contributed by atoms with Crippen molar-refractivity contribution < 1.29 is 4.74 Å². The number of halogens is 1. The lowest BCUT2D eigenvalue weighted by atomic mass is 10.1. The van der Waals surface area contributed by atoms with Crippen molar-refractivity contribution in [2.75, 3.05) is 12.8 Å². The Morgan fingerprint density at radius 2 is 2.00 bits per heavy atom. The van der Waals surface area contributed by atoms with Crippen molar-refractivity contribution in [2.24, 2.45) is 0 Å². The van der Waals surface area contributed by atoms with Crippen LogP contribution in [-0.4, -0.2) is 17.1 Å². The third-order valence-corrected chi connectivity index (χ3v) is 3.23. The standard InChI is InChI=1S/C12H14BrN3O/c1-17-9-5-2-8(3-6-9)4-7-10-11(13)16-12(14)15-10/h2-3,5-6H,4,7H2,1H3,(H3,14,15,16). The summed E-state index contributed by atoms with van der Waals surface area (Å²) in [4.78, 5) is 7.10. The van der Waals surface area contributed by atoms with Crippen LogP contribution in [0.25, 0.3) is 0 Å². The molecule has 17 heavy (non-hydrogen) atoms. The molecule has 0 bridgehead atoms. The smallest absolute Gasteiger partial charge is 0.198 e. The van der Waals surface area contributed by atoms with E-state index in [0.29, 0.717) is 5.95 Å². The molecule has 0 spiro atoms. The number of hydrogen-bond acceptors (Lipinski definition) is 3. The van der Waals surface area contributed by atoms with Gasteiger partial charge in [0, 0.05) is 0 Å². The molecule has 0 fully saturated rings. The summed E-state index contributed by atoms with van der Waals surface area (Å²) >= 11 is 3.37. The lowest BCUT2D eigenvalue weighted by molar-refractivity contribution is 0.414. The first-order chi connectivity index (χ1) is 8.19. The van der Waals surface area contributed by atoms with E-state index in [0.717, 1.165) is 28.9 Å². The largest absolute Gasteiger partial charge is 0.497 e. The topological polar surface area (TPSA) is 63.9 Å². The van der Waals surface area contributed by atoms with Crippen LogP contribution in [-0.2, 0) is 12.8 Å². The maximum atomic E-state index is 5.57. The van der Waals surface area contributed by atoms with Gasteiger partial charge in [-0.3, -0.25) is 0 Å². The first kappa shape index (κ1) is 12.0. The lowest BCUT2D eigenvalue weighted by Gasteiger charge is -2.02. The Balaban J connectivity index is 1.99. The molecular formula is C12H14BrN3O. The number of nitrogens with zero attached hydrogens (tertiary/aromatic N) is 1. The summed E-state index contributed by atoms with van der Waals surface area (Å²) in [7, 11) is 1.67. The maximum absolute atomic E-state index is 5.57. The van der Waals surface area contributed by atoms with Gasteiger partial charge in [0.2, 0.25) is 0 Å². The number of nitrogens with one attached hydrogen (secondary N) is 1. The van der Waals surface area contributed by atoms with Crippen LogP contribution in [0.15, 0.2) is 28.9 Å². The molecule has 0 atom stereocenters. The molecule has 1 heterocycles. The average molecular weight is 296 g/mol. The second-order valence-electron chi connectivity index (χ2n) is 3.74. The number of methoxy groups -OCH3 is 1. The Morgan fingerprint density at radius 3 is 2.53 bits per heavy atom. The molecule has 0 aliphatic rings. The van der Waals surface area contributed by atoms with Crippen LogP contribution in [0.2, 0.25) is 0 Å². The van der Waals surface area contributed by atoms with Gasteiger partial charge in [-0.25, -0.2) is 4.98 Å². The fourth-order valence-corrected chi connectivity index (χ4v) is 2.12.